The maximum Gasteiger partial charge on any atom is 0.250 e. The number of aromatic nitrogens is 2. The predicted octanol–water partition coefficient (Wildman–Crippen LogP) is 6.20. The molecule has 3 aromatic rings. The van der Waals surface area contributed by atoms with Crippen LogP contribution in [0, 0.1) is 6.92 Å². The molecule has 176 valence electrons. The van der Waals surface area contributed by atoms with E-state index in [9.17, 15) is 4.79 Å². The standard InChI is InChI=1S/C27H36N4OS/c1-9-31-23-13-11-10-12-22(23)29-25(31)33-17-24(32)30-28-16-19-14-20(26(3,4)5)18(2)21(15-19)27(6,7)8/h10-16H,9,17H2,1-8H3,(H,30,32)/b28-16-. The molecule has 0 bridgehead atoms. The minimum Gasteiger partial charge on any atom is -0.319 e. The lowest BCUT2D eigenvalue weighted by Gasteiger charge is -2.29. The highest BCUT2D eigenvalue weighted by atomic mass is 32.2. The number of benzene rings is 2. The van der Waals surface area contributed by atoms with Gasteiger partial charge in [0, 0.05) is 6.54 Å². The van der Waals surface area contributed by atoms with Crippen molar-refractivity contribution in [3.63, 3.8) is 0 Å². The first-order valence-electron chi connectivity index (χ1n) is 11.5. The lowest BCUT2D eigenvalue weighted by molar-refractivity contribution is -0.118. The zero-order valence-corrected chi connectivity index (χ0v) is 21.9. The van der Waals surface area contributed by atoms with E-state index in [1.165, 1.54) is 28.5 Å². The predicted molar refractivity (Wildman–Crippen MR) is 140 cm³/mol. The highest BCUT2D eigenvalue weighted by molar-refractivity contribution is 7.99. The molecule has 1 aromatic heterocycles. The number of aryl methyl sites for hydroxylation is 1. The van der Waals surface area contributed by atoms with Crippen LogP contribution in [-0.2, 0) is 22.2 Å². The molecule has 0 unspecified atom stereocenters. The van der Waals surface area contributed by atoms with E-state index in [4.69, 9.17) is 0 Å². The van der Waals surface area contributed by atoms with Crippen molar-refractivity contribution >= 4 is 34.9 Å². The summed E-state index contributed by atoms with van der Waals surface area (Å²) in [5.41, 5.74) is 9.69. The number of nitrogens with one attached hydrogen (secondary N) is 1. The normalized spacial score (nSPS) is 12.6. The van der Waals surface area contributed by atoms with Gasteiger partial charge in [0.1, 0.15) is 0 Å². The van der Waals surface area contributed by atoms with Gasteiger partial charge in [-0.25, -0.2) is 10.4 Å². The molecule has 1 heterocycles. The van der Waals surface area contributed by atoms with Gasteiger partial charge in [-0.1, -0.05) is 65.4 Å². The molecule has 0 saturated heterocycles. The Hall–Kier alpha value is -2.60. The molecule has 0 atom stereocenters. The number of hydrogen-bond acceptors (Lipinski definition) is 4. The van der Waals surface area contributed by atoms with Gasteiger partial charge in [0.25, 0.3) is 5.91 Å². The fraction of sp³-hybridized carbons (Fsp3) is 0.444. The molecule has 3 rings (SSSR count). The molecule has 0 aliphatic carbocycles. The summed E-state index contributed by atoms with van der Waals surface area (Å²) in [5, 5.41) is 5.10. The Labute approximate surface area is 202 Å². The monoisotopic (exact) mass is 464 g/mol. The van der Waals surface area contributed by atoms with Gasteiger partial charge in [0.05, 0.1) is 23.0 Å². The van der Waals surface area contributed by atoms with Crippen molar-refractivity contribution in [1.82, 2.24) is 15.0 Å². The van der Waals surface area contributed by atoms with E-state index >= 15 is 0 Å². The van der Waals surface area contributed by atoms with Crippen molar-refractivity contribution in [3.8, 4) is 0 Å². The molecular weight excluding hydrogens is 428 g/mol. The van der Waals surface area contributed by atoms with Crippen LogP contribution in [0.3, 0.4) is 0 Å². The Bertz CT molecular complexity index is 1140. The minimum absolute atomic E-state index is 0.0263. The first kappa shape index (κ1) is 25.0. The third-order valence-corrected chi connectivity index (χ3v) is 6.69. The summed E-state index contributed by atoms with van der Waals surface area (Å²) in [5.74, 6) is 0.111. The molecule has 0 spiro atoms. The van der Waals surface area contributed by atoms with Gasteiger partial charge >= 0.3 is 0 Å². The van der Waals surface area contributed by atoms with Crippen LogP contribution in [0.15, 0.2) is 46.7 Å². The summed E-state index contributed by atoms with van der Waals surface area (Å²) < 4.78 is 2.13. The van der Waals surface area contributed by atoms with Gasteiger partial charge in [-0.15, -0.1) is 0 Å². The van der Waals surface area contributed by atoms with Gasteiger partial charge in [0.2, 0.25) is 0 Å². The quantitative estimate of drug-likeness (QED) is 0.268. The first-order valence-corrected chi connectivity index (χ1v) is 12.5. The summed E-state index contributed by atoms with van der Waals surface area (Å²) in [6, 6.07) is 12.4. The molecule has 0 radical (unpaired) electrons. The van der Waals surface area contributed by atoms with Crippen molar-refractivity contribution in [1.29, 1.82) is 0 Å². The number of carbonyl (C=O) groups is 1. The zero-order valence-electron chi connectivity index (χ0n) is 21.1. The molecule has 6 heteroatoms. The average molecular weight is 465 g/mol. The number of amides is 1. The number of rotatable bonds is 6. The SMILES string of the molecule is CCn1c(SCC(=O)N/N=C\c2cc(C(C)(C)C)c(C)c(C(C)(C)C)c2)nc2ccccc21. The third kappa shape index (κ3) is 5.85. The van der Waals surface area contributed by atoms with Crippen molar-refractivity contribution in [3.05, 3.63) is 58.7 Å². The van der Waals surface area contributed by atoms with Crippen LogP contribution in [-0.4, -0.2) is 27.4 Å². The first-order chi connectivity index (χ1) is 15.4. The van der Waals surface area contributed by atoms with E-state index in [1.54, 1.807) is 6.21 Å². The summed E-state index contributed by atoms with van der Waals surface area (Å²) in [7, 11) is 0. The Balaban J connectivity index is 1.72. The fourth-order valence-corrected chi connectivity index (χ4v) is 5.05. The Morgan fingerprint density at radius 1 is 1.09 bits per heavy atom. The number of carbonyl (C=O) groups excluding carboxylic acids is 1. The topological polar surface area (TPSA) is 59.3 Å². The Kier molecular flexibility index (Phi) is 7.37. The highest BCUT2D eigenvalue weighted by Gasteiger charge is 2.24. The number of imidazole rings is 1. The van der Waals surface area contributed by atoms with Crippen molar-refractivity contribution in [2.45, 2.75) is 77.9 Å². The maximum atomic E-state index is 12.4. The number of hydrogen-bond donors (Lipinski definition) is 1. The summed E-state index contributed by atoms with van der Waals surface area (Å²) in [6.45, 7) is 18.5. The van der Waals surface area contributed by atoms with Crippen LogP contribution in [0.25, 0.3) is 11.0 Å². The molecule has 0 aliphatic rings. The molecule has 5 nitrogen and oxygen atoms in total. The van der Waals surface area contributed by atoms with E-state index < -0.39 is 0 Å². The molecule has 2 aromatic carbocycles. The van der Waals surface area contributed by atoms with Gasteiger partial charge in [-0.2, -0.15) is 5.10 Å². The second kappa shape index (κ2) is 9.72. The van der Waals surface area contributed by atoms with Crippen LogP contribution in [0.2, 0.25) is 0 Å². The van der Waals surface area contributed by atoms with E-state index in [0.29, 0.717) is 0 Å². The largest absolute Gasteiger partial charge is 0.319 e. The molecule has 0 aliphatic heterocycles. The van der Waals surface area contributed by atoms with E-state index in [-0.39, 0.29) is 22.5 Å². The van der Waals surface area contributed by atoms with Crippen LogP contribution in [0.4, 0.5) is 0 Å². The summed E-state index contributed by atoms with van der Waals surface area (Å²) >= 11 is 1.43. The Morgan fingerprint density at radius 3 is 2.27 bits per heavy atom. The summed E-state index contributed by atoms with van der Waals surface area (Å²) in [6.07, 6.45) is 1.74. The van der Waals surface area contributed by atoms with Crippen LogP contribution >= 0.6 is 11.8 Å². The fourth-order valence-electron chi connectivity index (χ4n) is 4.18. The van der Waals surface area contributed by atoms with Crippen molar-refractivity contribution in [2.24, 2.45) is 5.10 Å². The number of nitrogens with zero attached hydrogens (tertiary/aromatic N) is 3. The van der Waals surface area contributed by atoms with Gasteiger partial charge in [0.15, 0.2) is 5.16 Å². The van der Waals surface area contributed by atoms with Crippen molar-refractivity contribution < 1.29 is 4.79 Å². The Morgan fingerprint density at radius 2 is 1.70 bits per heavy atom. The number of para-hydroxylation sites is 2. The van der Waals surface area contributed by atoms with E-state index in [2.05, 4.69) is 93.7 Å². The van der Waals surface area contributed by atoms with Crippen molar-refractivity contribution in [2.75, 3.05) is 5.75 Å². The average Bonchev–Trinajstić information content (AvgIpc) is 3.09. The lowest BCUT2D eigenvalue weighted by Crippen LogP contribution is -2.21. The summed E-state index contributed by atoms with van der Waals surface area (Å²) in [4.78, 5) is 17.1. The van der Waals surface area contributed by atoms with Crippen LogP contribution in [0.5, 0.6) is 0 Å². The smallest absolute Gasteiger partial charge is 0.250 e. The number of thioether (sulfide) groups is 1. The number of fused-ring (bicyclic) bond motifs is 1. The van der Waals surface area contributed by atoms with Crippen LogP contribution < -0.4 is 5.43 Å². The zero-order chi connectivity index (χ0) is 24.4. The van der Waals surface area contributed by atoms with E-state index in [1.807, 2.05) is 18.2 Å². The molecule has 0 saturated carbocycles. The molecule has 33 heavy (non-hydrogen) atoms. The molecule has 1 amide bonds. The van der Waals surface area contributed by atoms with E-state index in [0.717, 1.165) is 28.3 Å². The molecule has 0 fully saturated rings. The maximum absolute atomic E-state index is 12.4. The lowest BCUT2D eigenvalue weighted by atomic mass is 9.76. The second-order valence-corrected chi connectivity index (χ2v) is 11.4. The minimum atomic E-state index is -0.148. The molecule has 1 N–H and O–H groups in total. The number of hydrazone groups is 1. The van der Waals surface area contributed by atoms with Gasteiger partial charge < -0.3 is 4.57 Å². The third-order valence-electron chi connectivity index (χ3n) is 5.72. The second-order valence-electron chi connectivity index (χ2n) is 10.5. The molecular formula is C27H36N4OS. The van der Waals surface area contributed by atoms with Gasteiger partial charge in [-0.05, 0) is 71.2 Å². The highest BCUT2D eigenvalue weighted by Crippen LogP contribution is 2.34. The van der Waals surface area contributed by atoms with Gasteiger partial charge in [-0.3, -0.25) is 4.79 Å². The van der Waals surface area contributed by atoms with Crippen LogP contribution in [0.1, 0.15) is 70.7 Å².